The lowest BCUT2D eigenvalue weighted by Crippen LogP contribution is -1.99. The summed E-state index contributed by atoms with van der Waals surface area (Å²) in [6, 6.07) is 0. The Bertz CT molecular complexity index is 296. The van der Waals surface area contributed by atoms with Crippen molar-refractivity contribution in [2.24, 2.45) is 0 Å². The highest BCUT2D eigenvalue weighted by molar-refractivity contribution is 7.98. The molecule has 0 radical (unpaired) electrons. The van der Waals surface area contributed by atoms with Crippen molar-refractivity contribution < 1.29 is 4.79 Å². The van der Waals surface area contributed by atoms with Crippen LogP contribution in [0.4, 0.5) is 0 Å². The molecule has 0 saturated carbocycles. The monoisotopic (exact) mass is 212 g/mol. The Morgan fingerprint density at radius 3 is 3.07 bits per heavy atom. The number of hydrogen-bond donors (Lipinski definition) is 0. The van der Waals surface area contributed by atoms with E-state index >= 15 is 0 Å². The van der Waals surface area contributed by atoms with Crippen molar-refractivity contribution in [2.75, 3.05) is 12.0 Å². The molecule has 78 valence electrons. The van der Waals surface area contributed by atoms with E-state index in [1.807, 2.05) is 29.6 Å². The summed E-state index contributed by atoms with van der Waals surface area (Å²) in [6.45, 7) is 2.77. The van der Waals surface area contributed by atoms with Crippen molar-refractivity contribution in [1.82, 2.24) is 9.78 Å². The average molecular weight is 212 g/mol. The molecule has 4 heteroatoms. The number of carbonyl (C=O) groups excluding carboxylic acids is 1. The first-order chi connectivity index (χ1) is 6.77. The van der Waals surface area contributed by atoms with E-state index in [9.17, 15) is 4.79 Å². The zero-order chi connectivity index (χ0) is 10.4. The maximum atomic E-state index is 11.3. The molecule has 3 nitrogen and oxygen atoms in total. The van der Waals surface area contributed by atoms with Gasteiger partial charge in [0.1, 0.15) is 0 Å². The second-order valence-electron chi connectivity index (χ2n) is 3.12. The minimum Gasteiger partial charge on any atom is -0.294 e. The van der Waals surface area contributed by atoms with Crippen molar-refractivity contribution in [3.8, 4) is 0 Å². The molecule has 0 spiro atoms. The van der Waals surface area contributed by atoms with Crippen LogP contribution in [0.1, 0.15) is 30.1 Å². The summed E-state index contributed by atoms with van der Waals surface area (Å²) in [4.78, 5) is 11.3. The second-order valence-corrected chi connectivity index (χ2v) is 4.10. The fourth-order valence-corrected chi connectivity index (χ4v) is 1.62. The molecule has 0 aromatic carbocycles. The Balaban J connectivity index is 2.46. The zero-order valence-corrected chi connectivity index (χ0v) is 9.51. The highest BCUT2D eigenvalue weighted by Crippen LogP contribution is 2.03. The summed E-state index contributed by atoms with van der Waals surface area (Å²) in [5.41, 5.74) is 0.733. The molecule has 1 rings (SSSR count). The van der Waals surface area contributed by atoms with Crippen molar-refractivity contribution in [1.29, 1.82) is 0 Å². The summed E-state index contributed by atoms with van der Waals surface area (Å²) in [7, 11) is 0. The highest BCUT2D eigenvalue weighted by atomic mass is 32.2. The molecule has 0 saturated heterocycles. The molecular formula is C10H16N2OS. The molecule has 0 amide bonds. The summed E-state index contributed by atoms with van der Waals surface area (Å²) < 4.78 is 1.85. The maximum absolute atomic E-state index is 11.3. The van der Waals surface area contributed by atoms with Crippen LogP contribution in [-0.2, 0) is 6.54 Å². The van der Waals surface area contributed by atoms with Gasteiger partial charge in [-0.3, -0.25) is 9.48 Å². The third-order valence-electron chi connectivity index (χ3n) is 2.01. The van der Waals surface area contributed by atoms with Gasteiger partial charge < -0.3 is 0 Å². The molecular weight excluding hydrogens is 196 g/mol. The predicted molar refractivity (Wildman–Crippen MR) is 59.8 cm³/mol. The number of Topliss-reactive ketones (excluding diaryl/α,β-unsaturated/α-hetero) is 1. The van der Waals surface area contributed by atoms with Gasteiger partial charge in [0.2, 0.25) is 0 Å². The second kappa shape index (κ2) is 5.86. The Kier molecular flexibility index (Phi) is 4.73. The number of nitrogens with zero attached hydrogens (tertiary/aromatic N) is 2. The largest absolute Gasteiger partial charge is 0.294 e. The van der Waals surface area contributed by atoms with E-state index in [2.05, 4.69) is 11.4 Å². The smallest absolute Gasteiger partial charge is 0.165 e. The third kappa shape index (κ3) is 3.18. The quantitative estimate of drug-likeness (QED) is 0.536. The molecule has 14 heavy (non-hydrogen) atoms. The molecule has 0 unspecified atom stereocenters. The van der Waals surface area contributed by atoms with Crippen LogP contribution in [0.3, 0.4) is 0 Å². The first-order valence-electron chi connectivity index (χ1n) is 4.82. The SMILES string of the molecule is CCC(=O)c1cnn(CCCSC)c1. The zero-order valence-electron chi connectivity index (χ0n) is 8.69. The Morgan fingerprint density at radius 2 is 2.43 bits per heavy atom. The van der Waals surface area contributed by atoms with Crippen LogP contribution in [0.15, 0.2) is 12.4 Å². The average Bonchev–Trinajstić information content (AvgIpc) is 2.66. The van der Waals surface area contributed by atoms with Crippen LogP contribution in [0.25, 0.3) is 0 Å². The van der Waals surface area contributed by atoms with Gasteiger partial charge in [0, 0.05) is 19.2 Å². The lowest BCUT2D eigenvalue weighted by atomic mass is 10.2. The maximum Gasteiger partial charge on any atom is 0.165 e. The molecule has 1 aromatic rings. The third-order valence-corrected chi connectivity index (χ3v) is 2.71. The van der Waals surface area contributed by atoms with Crippen molar-refractivity contribution in [3.05, 3.63) is 18.0 Å². The minimum atomic E-state index is 0.168. The predicted octanol–water partition coefficient (Wildman–Crippen LogP) is 2.23. The topological polar surface area (TPSA) is 34.9 Å². The Morgan fingerprint density at radius 1 is 1.64 bits per heavy atom. The van der Waals surface area contributed by atoms with Gasteiger partial charge in [-0.1, -0.05) is 6.92 Å². The fourth-order valence-electron chi connectivity index (χ4n) is 1.20. The van der Waals surface area contributed by atoms with Gasteiger partial charge in [0.25, 0.3) is 0 Å². The molecule has 0 fully saturated rings. The van der Waals surface area contributed by atoms with E-state index < -0.39 is 0 Å². The van der Waals surface area contributed by atoms with E-state index in [4.69, 9.17) is 0 Å². The standard InChI is InChI=1S/C10H16N2OS/c1-3-10(13)9-7-11-12(8-9)5-4-6-14-2/h7-8H,3-6H2,1-2H3. The van der Waals surface area contributed by atoms with Gasteiger partial charge in [0.15, 0.2) is 5.78 Å². The highest BCUT2D eigenvalue weighted by Gasteiger charge is 2.05. The molecule has 0 aliphatic carbocycles. The van der Waals surface area contributed by atoms with E-state index in [0.29, 0.717) is 6.42 Å². The molecule has 0 aliphatic heterocycles. The van der Waals surface area contributed by atoms with Crippen LogP contribution >= 0.6 is 11.8 Å². The number of aromatic nitrogens is 2. The van der Waals surface area contributed by atoms with Crippen LogP contribution < -0.4 is 0 Å². The number of rotatable bonds is 6. The van der Waals surface area contributed by atoms with E-state index in [0.717, 1.165) is 24.3 Å². The van der Waals surface area contributed by atoms with Gasteiger partial charge in [-0.15, -0.1) is 0 Å². The van der Waals surface area contributed by atoms with E-state index in [1.54, 1.807) is 6.20 Å². The van der Waals surface area contributed by atoms with E-state index in [-0.39, 0.29) is 5.78 Å². The number of ketones is 1. The van der Waals surface area contributed by atoms with Crippen molar-refractivity contribution in [3.63, 3.8) is 0 Å². The summed E-state index contributed by atoms with van der Waals surface area (Å²) in [6.07, 6.45) is 7.24. The van der Waals surface area contributed by atoms with Gasteiger partial charge in [-0.2, -0.15) is 16.9 Å². The van der Waals surface area contributed by atoms with Gasteiger partial charge in [-0.25, -0.2) is 0 Å². The van der Waals surface area contributed by atoms with Crippen molar-refractivity contribution in [2.45, 2.75) is 26.3 Å². The van der Waals surface area contributed by atoms with Gasteiger partial charge >= 0.3 is 0 Å². The fraction of sp³-hybridized carbons (Fsp3) is 0.600. The Labute approximate surface area is 88.9 Å². The lowest BCUT2D eigenvalue weighted by Gasteiger charge is -1.98. The molecule has 0 bridgehead atoms. The first kappa shape index (κ1) is 11.3. The number of carbonyl (C=O) groups is 1. The summed E-state index contributed by atoms with van der Waals surface area (Å²) >= 11 is 1.83. The summed E-state index contributed by atoms with van der Waals surface area (Å²) in [5.74, 6) is 1.30. The number of thioether (sulfide) groups is 1. The van der Waals surface area contributed by atoms with Crippen LogP contribution in [0.5, 0.6) is 0 Å². The van der Waals surface area contributed by atoms with Gasteiger partial charge in [0.05, 0.1) is 11.8 Å². The molecule has 1 aromatic heterocycles. The number of aryl methyl sites for hydroxylation is 1. The van der Waals surface area contributed by atoms with E-state index in [1.165, 1.54) is 0 Å². The summed E-state index contributed by atoms with van der Waals surface area (Å²) in [5, 5.41) is 4.14. The Hall–Kier alpha value is -0.770. The normalized spacial score (nSPS) is 10.4. The lowest BCUT2D eigenvalue weighted by molar-refractivity contribution is 0.0988. The molecule has 1 heterocycles. The van der Waals surface area contributed by atoms with Crippen LogP contribution in [0, 0.1) is 0 Å². The molecule has 0 atom stereocenters. The number of hydrogen-bond acceptors (Lipinski definition) is 3. The van der Waals surface area contributed by atoms with Crippen molar-refractivity contribution >= 4 is 17.5 Å². The van der Waals surface area contributed by atoms with Crippen LogP contribution in [0.2, 0.25) is 0 Å². The minimum absolute atomic E-state index is 0.168. The first-order valence-corrected chi connectivity index (χ1v) is 6.22. The van der Waals surface area contributed by atoms with Gasteiger partial charge in [-0.05, 0) is 18.4 Å². The van der Waals surface area contributed by atoms with Crippen LogP contribution in [-0.4, -0.2) is 27.6 Å². The molecule has 0 N–H and O–H groups in total. The molecule has 0 aliphatic rings.